The molecule has 0 unspecified atom stereocenters. The van der Waals surface area contributed by atoms with Crippen molar-refractivity contribution in [3.63, 3.8) is 0 Å². The van der Waals surface area contributed by atoms with Gasteiger partial charge in [0.15, 0.2) is 5.69 Å². The van der Waals surface area contributed by atoms with E-state index in [0.29, 0.717) is 28.7 Å². The first kappa shape index (κ1) is 18.9. The van der Waals surface area contributed by atoms with Gasteiger partial charge in [-0.3, -0.25) is 14.0 Å². The molecule has 0 bridgehead atoms. The van der Waals surface area contributed by atoms with Crippen LogP contribution in [0.3, 0.4) is 0 Å². The second-order valence-corrected chi connectivity index (χ2v) is 7.08. The number of benzene rings is 1. The molecule has 3 rings (SSSR count). The van der Waals surface area contributed by atoms with E-state index in [1.165, 1.54) is 0 Å². The zero-order valence-electron chi connectivity index (χ0n) is 15.2. The minimum Gasteiger partial charge on any atom is -0.349 e. The van der Waals surface area contributed by atoms with Gasteiger partial charge in [-0.1, -0.05) is 37.6 Å². The number of hydrogen-bond acceptors (Lipinski definition) is 3. The van der Waals surface area contributed by atoms with E-state index < -0.39 is 5.91 Å². The number of fused-ring (bicyclic) bond motifs is 1. The summed E-state index contributed by atoms with van der Waals surface area (Å²) >= 11 is 5.96. The summed E-state index contributed by atoms with van der Waals surface area (Å²) < 4.78 is 1.62. The van der Waals surface area contributed by atoms with Crippen molar-refractivity contribution in [2.24, 2.45) is 5.92 Å². The molecule has 2 amide bonds. The monoisotopic (exact) mass is 384 g/mol. The first-order valence-corrected chi connectivity index (χ1v) is 9.15. The first-order valence-electron chi connectivity index (χ1n) is 8.78. The van der Waals surface area contributed by atoms with Gasteiger partial charge in [0, 0.05) is 23.5 Å². The molecule has 27 heavy (non-hydrogen) atoms. The average molecular weight is 385 g/mol. The fourth-order valence-electron chi connectivity index (χ4n) is 2.68. The van der Waals surface area contributed by atoms with Crippen LogP contribution in [0.25, 0.3) is 5.52 Å². The Bertz CT molecular complexity index is 981. The van der Waals surface area contributed by atoms with Crippen LogP contribution in [0, 0.1) is 5.92 Å². The van der Waals surface area contributed by atoms with E-state index in [1.54, 1.807) is 53.1 Å². The molecule has 3 aromatic rings. The number of halogens is 1. The number of carbonyl (C=O) groups excluding carboxylic acids is 2. The molecule has 2 N–H and O–H groups in total. The average Bonchev–Trinajstić information content (AvgIpc) is 3.01. The van der Waals surface area contributed by atoms with Gasteiger partial charge in [0.2, 0.25) is 5.82 Å². The summed E-state index contributed by atoms with van der Waals surface area (Å²) in [6.07, 6.45) is 2.59. The van der Waals surface area contributed by atoms with Crippen LogP contribution in [0.1, 0.15) is 41.4 Å². The number of nitrogens with zero attached hydrogens (tertiary/aromatic N) is 2. The summed E-state index contributed by atoms with van der Waals surface area (Å²) in [7, 11) is 0. The van der Waals surface area contributed by atoms with Crippen LogP contribution in [-0.2, 0) is 0 Å². The van der Waals surface area contributed by atoms with Crippen LogP contribution in [0.2, 0.25) is 5.02 Å². The quantitative estimate of drug-likeness (QED) is 0.674. The molecule has 140 valence electrons. The van der Waals surface area contributed by atoms with E-state index in [1.807, 2.05) is 0 Å². The van der Waals surface area contributed by atoms with Crippen molar-refractivity contribution in [1.82, 2.24) is 14.7 Å². The van der Waals surface area contributed by atoms with Crippen molar-refractivity contribution in [1.29, 1.82) is 0 Å². The Morgan fingerprint density at radius 1 is 1.15 bits per heavy atom. The van der Waals surface area contributed by atoms with Crippen molar-refractivity contribution in [3.05, 3.63) is 65.2 Å². The molecule has 0 saturated carbocycles. The molecule has 2 aromatic heterocycles. The third-order valence-electron chi connectivity index (χ3n) is 4.06. The van der Waals surface area contributed by atoms with Crippen molar-refractivity contribution >= 4 is 34.6 Å². The standard InChI is InChI=1S/C20H21ClN4O2/c1-13(2)9-10-22-20(27)18-24-17(16-8-3-4-11-25(16)18)19(26)23-15-7-5-6-14(21)12-15/h3-8,11-13H,9-10H2,1-2H3,(H,22,27)(H,23,26). The maximum Gasteiger partial charge on any atom is 0.287 e. The zero-order chi connectivity index (χ0) is 19.4. The Balaban J connectivity index is 1.87. The lowest BCUT2D eigenvalue weighted by atomic mass is 10.1. The van der Waals surface area contributed by atoms with E-state index in [4.69, 9.17) is 11.6 Å². The maximum atomic E-state index is 12.7. The van der Waals surface area contributed by atoms with Gasteiger partial charge in [-0.15, -0.1) is 0 Å². The van der Waals surface area contributed by atoms with Crippen LogP contribution >= 0.6 is 11.6 Å². The number of aromatic nitrogens is 2. The highest BCUT2D eigenvalue weighted by Crippen LogP contribution is 2.18. The van der Waals surface area contributed by atoms with Gasteiger partial charge in [-0.2, -0.15) is 0 Å². The highest BCUT2D eigenvalue weighted by atomic mass is 35.5. The van der Waals surface area contributed by atoms with E-state index in [9.17, 15) is 9.59 Å². The van der Waals surface area contributed by atoms with Crippen molar-refractivity contribution in [2.75, 3.05) is 11.9 Å². The van der Waals surface area contributed by atoms with Crippen LogP contribution in [0.4, 0.5) is 5.69 Å². The van der Waals surface area contributed by atoms with Gasteiger partial charge in [-0.25, -0.2) is 4.98 Å². The summed E-state index contributed by atoms with van der Waals surface area (Å²) in [5, 5.41) is 6.15. The molecule has 2 heterocycles. The van der Waals surface area contributed by atoms with Crippen LogP contribution < -0.4 is 10.6 Å². The van der Waals surface area contributed by atoms with E-state index >= 15 is 0 Å². The molecule has 0 aliphatic carbocycles. The number of imidazole rings is 1. The molecule has 0 aliphatic heterocycles. The molecular weight excluding hydrogens is 364 g/mol. The Morgan fingerprint density at radius 2 is 1.96 bits per heavy atom. The summed E-state index contributed by atoms with van der Waals surface area (Å²) in [6.45, 7) is 4.74. The first-order chi connectivity index (χ1) is 13.0. The summed E-state index contributed by atoms with van der Waals surface area (Å²) in [5.74, 6) is -0.0344. The molecule has 0 saturated heterocycles. The topological polar surface area (TPSA) is 75.5 Å². The molecule has 0 aliphatic rings. The lowest BCUT2D eigenvalue weighted by molar-refractivity contribution is 0.0941. The molecular formula is C20H21ClN4O2. The largest absolute Gasteiger partial charge is 0.349 e. The summed E-state index contributed by atoms with van der Waals surface area (Å²) in [5.41, 5.74) is 1.31. The number of hydrogen-bond donors (Lipinski definition) is 2. The number of rotatable bonds is 6. The molecule has 6 nitrogen and oxygen atoms in total. The van der Waals surface area contributed by atoms with Gasteiger partial charge in [0.25, 0.3) is 11.8 Å². The normalized spacial score (nSPS) is 11.0. The lowest BCUT2D eigenvalue weighted by Crippen LogP contribution is -2.27. The molecule has 0 radical (unpaired) electrons. The predicted molar refractivity (Wildman–Crippen MR) is 106 cm³/mol. The molecule has 7 heteroatoms. The van der Waals surface area contributed by atoms with Gasteiger partial charge in [0.05, 0.1) is 5.52 Å². The van der Waals surface area contributed by atoms with Crippen LogP contribution in [0.15, 0.2) is 48.7 Å². The summed E-state index contributed by atoms with van der Waals surface area (Å²) in [6, 6.07) is 12.2. The lowest BCUT2D eigenvalue weighted by Gasteiger charge is -2.06. The van der Waals surface area contributed by atoms with Gasteiger partial charge in [-0.05, 0) is 42.7 Å². The Kier molecular flexibility index (Phi) is 5.76. The van der Waals surface area contributed by atoms with Crippen molar-refractivity contribution in [2.45, 2.75) is 20.3 Å². The fraction of sp³-hybridized carbons (Fsp3) is 0.250. The molecule has 0 spiro atoms. The van der Waals surface area contributed by atoms with Gasteiger partial charge in [0.1, 0.15) is 0 Å². The number of anilines is 1. The number of amides is 2. The number of carbonyl (C=O) groups is 2. The van der Waals surface area contributed by atoms with E-state index in [0.717, 1.165) is 6.42 Å². The second-order valence-electron chi connectivity index (χ2n) is 6.64. The Morgan fingerprint density at radius 3 is 2.70 bits per heavy atom. The van der Waals surface area contributed by atoms with Crippen LogP contribution in [-0.4, -0.2) is 27.7 Å². The third kappa shape index (κ3) is 4.46. The van der Waals surface area contributed by atoms with Gasteiger partial charge >= 0.3 is 0 Å². The van der Waals surface area contributed by atoms with Crippen molar-refractivity contribution < 1.29 is 9.59 Å². The minimum absolute atomic E-state index is 0.185. The maximum absolute atomic E-state index is 12.7. The van der Waals surface area contributed by atoms with Crippen LogP contribution in [0.5, 0.6) is 0 Å². The number of pyridine rings is 1. The third-order valence-corrected chi connectivity index (χ3v) is 4.29. The van der Waals surface area contributed by atoms with E-state index in [-0.39, 0.29) is 17.4 Å². The van der Waals surface area contributed by atoms with Gasteiger partial charge < -0.3 is 10.6 Å². The SMILES string of the molecule is CC(C)CCNC(=O)c1nc(C(=O)Nc2cccc(Cl)c2)c2ccccn12. The second kappa shape index (κ2) is 8.22. The fourth-order valence-corrected chi connectivity index (χ4v) is 2.87. The minimum atomic E-state index is -0.401. The Labute approximate surface area is 162 Å². The highest BCUT2D eigenvalue weighted by molar-refractivity contribution is 6.31. The molecule has 1 aromatic carbocycles. The Hall–Kier alpha value is -2.86. The predicted octanol–water partition coefficient (Wildman–Crippen LogP) is 4.02. The molecule has 0 fully saturated rings. The highest BCUT2D eigenvalue weighted by Gasteiger charge is 2.21. The smallest absolute Gasteiger partial charge is 0.287 e. The van der Waals surface area contributed by atoms with Crippen molar-refractivity contribution in [3.8, 4) is 0 Å². The zero-order valence-corrected chi connectivity index (χ0v) is 16.0. The van der Waals surface area contributed by atoms with E-state index in [2.05, 4.69) is 29.5 Å². The summed E-state index contributed by atoms with van der Waals surface area (Å²) in [4.78, 5) is 29.6. The number of nitrogens with one attached hydrogen (secondary N) is 2. The molecule has 0 atom stereocenters.